The molecule has 0 radical (unpaired) electrons. The summed E-state index contributed by atoms with van der Waals surface area (Å²) in [6.07, 6.45) is 13.2. The summed E-state index contributed by atoms with van der Waals surface area (Å²) in [6, 6.07) is 42.8. The molecule has 4 aromatic heterocycles. The quantitative estimate of drug-likeness (QED) is 0.192. The molecule has 1 aliphatic rings. The van der Waals surface area contributed by atoms with Gasteiger partial charge in [-0.25, -0.2) is 4.98 Å². The average Bonchev–Trinajstić information content (AvgIpc) is 3.24. The molecule has 9 rings (SSSR count). The first-order valence-electron chi connectivity index (χ1n) is 15.6. The van der Waals surface area contributed by atoms with E-state index < -0.39 is 0 Å². The van der Waals surface area contributed by atoms with Gasteiger partial charge < -0.3 is 4.57 Å². The minimum absolute atomic E-state index is 0.842. The predicted octanol–water partition coefficient (Wildman–Crippen LogP) is 10.2. The molecule has 0 bridgehead atoms. The number of rotatable bonds is 4. The van der Waals surface area contributed by atoms with Gasteiger partial charge in [-0.15, -0.1) is 0 Å². The lowest BCUT2D eigenvalue weighted by molar-refractivity contribution is 1.09. The van der Waals surface area contributed by atoms with E-state index in [4.69, 9.17) is 15.0 Å². The van der Waals surface area contributed by atoms with Crippen molar-refractivity contribution in [2.24, 2.45) is 0 Å². The first-order valence-corrected chi connectivity index (χ1v) is 15.6. The van der Waals surface area contributed by atoms with Gasteiger partial charge in [0, 0.05) is 29.2 Å². The van der Waals surface area contributed by atoms with Gasteiger partial charge in [0.2, 0.25) is 0 Å². The molecule has 0 aliphatic heterocycles. The summed E-state index contributed by atoms with van der Waals surface area (Å²) in [5.41, 5.74) is 11.6. The molecule has 4 heteroatoms. The fraction of sp³-hybridized carbons (Fsp3) is 0.0238. The van der Waals surface area contributed by atoms with Crippen molar-refractivity contribution >= 4 is 38.7 Å². The van der Waals surface area contributed by atoms with Crippen molar-refractivity contribution in [2.45, 2.75) is 6.42 Å². The Balaban J connectivity index is 1.30. The number of fused-ring (bicyclic) bond motifs is 5. The summed E-state index contributed by atoms with van der Waals surface area (Å²) in [5.74, 6) is 0. The summed E-state index contributed by atoms with van der Waals surface area (Å²) in [5, 5.41) is 4.86. The van der Waals surface area contributed by atoms with Crippen LogP contribution in [0.15, 0.2) is 152 Å². The monoisotopic (exact) mass is 588 g/mol. The highest BCUT2D eigenvalue weighted by molar-refractivity contribution is 6.13. The zero-order valence-electron chi connectivity index (χ0n) is 25.0. The van der Waals surface area contributed by atoms with Gasteiger partial charge in [-0.1, -0.05) is 85.0 Å². The van der Waals surface area contributed by atoms with Gasteiger partial charge in [-0.2, -0.15) is 0 Å². The van der Waals surface area contributed by atoms with Crippen LogP contribution in [0.4, 0.5) is 0 Å². The zero-order chi connectivity index (χ0) is 30.5. The van der Waals surface area contributed by atoms with Crippen LogP contribution >= 0.6 is 0 Å². The molecule has 1 aliphatic carbocycles. The molecule has 0 amide bonds. The standard InChI is InChI=1S/C42H28N4/c1-2-18-35-39(20-3-1)46(40-21-11-23-44-42(35)40)32-15-10-14-30(25-32)37-26-31(27-38(45-37)36-19-8-9-22-43-36)41-33-16-6-4-12-28(33)24-29-13-5-7-17-34(29)41/h1-17,19-27H,18H2. The molecular formula is C42H28N4. The van der Waals surface area contributed by atoms with Crippen LogP contribution < -0.4 is 0 Å². The summed E-state index contributed by atoms with van der Waals surface area (Å²) < 4.78 is 2.33. The Morgan fingerprint density at radius 3 is 2.17 bits per heavy atom. The van der Waals surface area contributed by atoms with Crippen LogP contribution in [-0.4, -0.2) is 19.5 Å². The van der Waals surface area contributed by atoms with Crippen molar-refractivity contribution < 1.29 is 0 Å². The van der Waals surface area contributed by atoms with Crippen molar-refractivity contribution in [1.82, 2.24) is 19.5 Å². The van der Waals surface area contributed by atoms with Crippen LogP contribution in [0.2, 0.25) is 0 Å². The molecule has 0 saturated heterocycles. The molecule has 4 aromatic carbocycles. The second kappa shape index (κ2) is 10.8. The zero-order valence-corrected chi connectivity index (χ0v) is 25.0. The van der Waals surface area contributed by atoms with E-state index in [1.54, 1.807) is 0 Å². The van der Waals surface area contributed by atoms with Crippen molar-refractivity contribution in [3.63, 3.8) is 0 Å². The average molecular weight is 589 g/mol. The number of allylic oxidation sites excluding steroid dienone is 3. The van der Waals surface area contributed by atoms with Gasteiger partial charge in [0.1, 0.15) is 0 Å². The van der Waals surface area contributed by atoms with E-state index in [2.05, 4.69) is 126 Å². The summed E-state index contributed by atoms with van der Waals surface area (Å²) in [4.78, 5) is 14.7. The van der Waals surface area contributed by atoms with E-state index in [9.17, 15) is 0 Å². The molecular weight excluding hydrogens is 560 g/mol. The van der Waals surface area contributed by atoms with Crippen LogP contribution in [0.25, 0.3) is 78.1 Å². The van der Waals surface area contributed by atoms with E-state index in [1.165, 1.54) is 32.7 Å². The van der Waals surface area contributed by atoms with Gasteiger partial charge in [0.25, 0.3) is 0 Å². The lowest BCUT2D eigenvalue weighted by Crippen LogP contribution is -1.99. The highest BCUT2D eigenvalue weighted by Gasteiger charge is 2.19. The molecule has 0 atom stereocenters. The van der Waals surface area contributed by atoms with Crippen molar-refractivity contribution in [2.75, 3.05) is 0 Å². The van der Waals surface area contributed by atoms with Gasteiger partial charge in [-0.05, 0) is 99.8 Å². The molecule has 0 spiro atoms. The lowest BCUT2D eigenvalue weighted by Gasteiger charge is -2.15. The summed E-state index contributed by atoms with van der Waals surface area (Å²) in [7, 11) is 0. The molecule has 0 unspecified atom stereocenters. The van der Waals surface area contributed by atoms with Gasteiger partial charge in [0.15, 0.2) is 0 Å². The Morgan fingerprint density at radius 1 is 0.565 bits per heavy atom. The summed E-state index contributed by atoms with van der Waals surface area (Å²) >= 11 is 0. The topological polar surface area (TPSA) is 43.6 Å². The first-order chi connectivity index (χ1) is 22.8. The van der Waals surface area contributed by atoms with E-state index >= 15 is 0 Å². The number of hydrogen-bond acceptors (Lipinski definition) is 3. The van der Waals surface area contributed by atoms with Gasteiger partial charge >= 0.3 is 0 Å². The van der Waals surface area contributed by atoms with E-state index in [1.807, 2.05) is 36.7 Å². The Bertz CT molecular complexity index is 2450. The molecule has 4 heterocycles. The fourth-order valence-electron chi connectivity index (χ4n) is 6.86. The third kappa shape index (κ3) is 4.34. The SMILES string of the molecule is C1=CCc2c(n(-c3cccc(-c4cc(-c5c6ccccc6cc6ccccc56)cc(-c5ccccn5)n4)c3)c3cccnc23)C=C1. The maximum atomic E-state index is 5.24. The Morgan fingerprint density at radius 2 is 1.35 bits per heavy atom. The van der Waals surface area contributed by atoms with Crippen molar-refractivity contribution in [1.29, 1.82) is 0 Å². The predicted molar refractivity (Wildman–Crippen MR) is 190 cm³/mol. The third-order valence-electron chi connectivity index (χ3n) is 8.90. The number of aromatic nitrogens is 4. The molecule has 0 saturated carbocycles. The van der Waals surface area contributed by atoms with Crippen LogP contribution in [0.1, 0.15) is 11.3 Å². The van der Waals surface area contributed by atoms with Crippen molar-refractivity contribution in [3.05, 3.63) is 163 Å². The van der Waals surface area contributed by atoms with E-state index in [0.717, 1.165) is 57.0 Å². The second-order valence-electron chi connectivity index (χ2n) is 11.6. The van der Waals surface area contributed by atoms with Crippen molar-refractivity contribution in [3.8, 4) is 39.5 Å². The molecule has 4 nitrogen and oxygen atoms in total. The van der Waals surface area contributed by atoms with Crippen LogP contribution in [0.3, 0.4) is 0 Å². The maximum Gasteiger partial charge on any atom is 0.0926 e. The van der Waals surface area contributed by atoms with Gasteiger partial charge in [0.05, 0.1) is 33.8 Å². The number of pyridine rings is 3. The molecule has 0 fully saturated rings. The number of nitrogens with zero attached hydrogens (tertiary/aromatic N) is 4. The number of hydrogen-bond donors (Lipinski definition) is 0. The van der Waals surface area contributed by atoms with E-state index in [0.29, 0.717) is 0 Å². The number of benzene rings is 4. The van der Waals surface area contributed by atoms with Gasteiger partial charge in [-0.3, -0.25) is 9.97 Å². The normalized spacial score (nSPS) is 12.5. The molecule has 46 heavy (non-hydrogen) atoms. The maximum absolute atomic E-state index is 5.24. The fourth-order valence-corrected chi connectivity index (χ4v) is 6.86. The highest BCUT2D eigenvalue weighted by atomic mass is 15.0. The Kier molecular flexibility index (Phi) is 6.17. The lowest BCUT2D eigenvalue weighted by atomic mass is 9.91. The van der Waals surface area contributed by atoms with Crippen LogP contribution in [-0.2, 0) is 6.42 Å². The third-order valence-corrected chi connectivity index (χ3v) is 8.90. The molecule has 0 N–H and O–H groups in total. The van der Waals surface area contributed by atoms with Crippen LogP contribution in [0, 0.1) is 0 Å². The molecule has 216 valence electrons. The highest BCUT2D eigenvalue weighted by Crippen LogP contribution is 2.39. The minimum Gasteiger partial charge on any atom is -0.308 e. The minimum atomic E-state index is 0.842. The van der Waals surface area contributed by atoms with E-state index in [-0.39, 0.29) is 0 Å². The Labute approximate surface area is 266 Å². The second-order valence-corrected chi connectivity index (χ2v) is 11.6. The first kappa shape index (κ1) is 26.3. The summed E-state index contributed by atoms with van der Waals surface area (Å²) in [6.45, 7) is 0. The van der Waals surface area contributed by atoms with Crippen LogP contribution in [0.5, 0.6) is 0 Å². The Hall–Kier alpha value is -6.13. The molecule has 8 aromatic rings. The largest absolute Gasteiger partial charge is 0.308 e. The smallest absolute Gasteiger partial charge is 0.0926 e.